The number of nitrogens with zero attached hydrogens (tertiary/aromatic N) is 4. The Kier molecular flexibility index (Phi) is 8.62. The first-order valence-electron chi connectivity index (χ1n) is 23.6. The van der Waals surface area contributed by atoms with E-state index < -0.39 is 5.41 Å². The Morgan fingerprint density at radius 2 is 1.20 bits per heavy atom. The Morgan fingerprint density at radius 1 is 0.507 bits per heavy atom. The molecule has 2 aliphatic heterocycles. The minimum atomic E-state index is -0.476. The number of para-hydroxylation sites is 2. The molecule has 6 bridgehead atoms. The van der Waals surface area contributed by atoms with Crippen LogP contribution in [0.3, 0.4) is 0 Å². The van der Waals surface area contributed by atoms with Gasteiger partial charge in [-0.15, -0.1) is 0 Å². The lowest BCUT2D eigenvalue weighted by atomic mass is 9.73. The molecule has 322 valence electrons. The summed E-state index contributed by atoms with van der Waals surface area (Å²) in [7, 11) is 0. The minimum absolute atomic E-state index is 0.476. The molecule has 0 fully saturated rings. The van der Waals surface area contributed by atoms with Gasteiger partial charge in [-0.1, -0.05) is 170 Å². The molecule has 1 unspecified atom stereocenters. The van der Waals surface area contributed by atoms with E-state index in [0.29, 0.717) is 23.9 Å². The molecule has 9 aromatic carbocycles. The van der Waals surface area contributed by atoms with E-state index >= 15 is 0 Å². The molecule has 5 nitrogen and oxygen atoms in total. The fourth-order valence-electron chi connectivity index (χ4n) is 11.2. The van der Waals surface area contributed by atoms with Gasteiger partial charge in [-0.3, -0.25) is 0 Å². The van der Waals surface area contributed by atoms with Crippen LogP contribution < -0.4 is 5.32 Å². The van der Waals surface area contributed by atoms with Gasteiger partial charge in [0.2, 0.25) is 0 Å². The lowest BCUT2D eigenvalue weighted by Gasteiger charge is -2.30. The van der Waals surface area contributed by atoms with Crippen molar-refractivity contribution in [3.63, 3.8) is 0 Å². The second kappa shape index (κ2) is 15.2. The van der Waals surface area contributed by atoms with Crippen LogP contribution in [0.5, 0.6) is 0 Å². The molecule has 0 amide bonds. The highest BCUT2D eigenvalue weighted by atomic mass is 15.0. The Morgan fingerprint density at radius 3 is 1.99 bits per heavy atom. The van der Waals surface area contributed by atoms with Gasteiger partial charge in [0.1, 0.15) is 0 Å². The van der Waals surface area contributed by atoms with Crippen LogP contribution in [0.2, 0.25) is 0 Å². The first-order chi connectivity index (χ1) is 34.1. The van der Waals surface area contributed by atoms with Crippen LogP contribution in [0.4, 0.5) is 11.4 Å². The van der Waals surface area contributed by atoms with E-state index in [0.717, 1.165) is 77.8 Å². The van der Waals surface area contributed by atoms with Crippen molar-refractivity contribution >= 4 is 49.5 Å². The zero-order valence-corrected chi connectivity index (χ0v) is 37.7. The van der Waals surface area contributed by atoms with Crippen LogP contribution in [-0.4, -0.2) is 19.5 Å². The number of aromatic nitrogens is 4. The summed E-state index contributed by atoms with van der Waals surface area (Å²) in [6, 6.07) is 70.0. The van der Waals surface area contributed by atoms with Gasteiger partial charge in [-0.25, -0.2) is 15.0 Å². The van der Waals surface area contributed by atoms with Crippen LogP contribution in [0.25, 0.3) is 100 Å². The van der Waals surface area contributed by atoms with E-state index in [4.69, 9.17) is 15.0 Å². The van der Waals surface area contributed by atoms with E-state index in [1.165, 1.54) is 38.6 Å². The van der Waals surface area contributed by atoms with Gasteiger partial charge in [-0.2, -0.15) is 0 Å². The summed E-state index contributed by atoms with van der Waals surface area (Å²) in [5.74, 6) is 8.89. The Bertz CT molecular complexity index is 4020. The van der Waals surface area contributed by atoms with Crippen molar-refractivity contribution in [3.05, 3.63) is 235 Å². The highest BCUT2D eigenvalue weighted by molar-refractivity contribution is 6.15. The predicted octanol–water partition coefficient (Wildman–Crippen LogP) is 15.5. The Balaban J connectivity index is 1.14. The molecule has 15 rings (SSSR count). The van der Waals surface area contributed by atoms with Crippen LogP contribution in [0, 0.1) is 11.8 Å². The summed E-state index contributed by atoms with van der Waals surface area (Å²) in [6.07, 6.45) is 7.15. The van der Waals surface area contributed by atoms with Gasteiger partial charge in [0, 0.05) is 67.4 Å². The van der Waals surface area contributed by atoms with Gasteiger partial charge in [0.05, 0.1) is 16.7 Å². The number of benzene rings is 9. The SMILES string of the molecule is CC12c3ccc4c(cc(Nc5ccccc5)c(C5=CC=CCC#C5)c4c3)-c3ccc(-c4nc(-c5ccccc5)nc(-c5ccccc5)n4)cc3-n3c4ccccc4c4cc(c1cc43)-c1ccccc12. The predicted molar refractivity (Wildman–Crippen MR) is 284 cm³/mol. The Labute approximate surface area is 399 Å². The zero-order valence-electron chi connectivity index (χ0n) is 37.7. The maximum Gasteiger partial charge on any atom is 0.164 e. The lowest BCUT2D eigenvalue weighted by molar-refractivity contribution is 0.715. The van der Waals surface area contributed by atoms with Crippen LogP contribution >= 0.6 is 0 Å². The normalized spacial score (nSPS) is 15.1. The number of anilines is 2. The van der Waals surface area contributed by atoms with E-state index in [-0.39, 0.29) is 0 Å². The lowest BCUT2D eigenvalue weighted by Crippen LogP contribution is -2.22. The van der Waals surface area contributed by atoms with Crippen molar-refractivity contribution in [2.75, 3.05) is 5.32 Å². The number of hydrogen-bond donors (Lipinski definition) is 1. The summed E-state index contributed by atoms with van der Waals surface area (Å²) in [5, 5.41) is 8.61. The summed E-state index contributed by atoms with van der Waals surface area (Å²) < 4.78 is 2.49. The van der Waals surface area contributed by atoms with Crippen molar-refractivity contribution in [2.45, 2.75) is 18.8 Å². The molecular weight excluding hydrogens is 839 g/mol. The zero-order chi connectivity index (χ0) is 45.6. The fourth-order valence-corrected chi connectivity index (χ4v) is 11.2. The third kappa shape index (κ3) is 6.02. The van der Waals surface area contributed by atoms with E-state index in [9.17, 15) is 0 Å². The second-order valence-electron chi connectivity index (χ2n) is 18.3. The second-order valence-corrected chi connectivity index (χ2v) is 18.3. The molecule has 1 N–H and O–H groups in total. The standard InChI is InChI=1S/C64H41N5/c1-64-44-32-34-46-50(38-56(65-45-25-13-6-14-26-45)60(53(46)36-44)40-19-7-2-3-8-20-40)49-33-31-43(63-67-61(41-21-9-4-10-22-41)66-62(68-63)42-23-11-5-12-24-42)35-58(49)69-57-30-18-16-28-48(57)52-37-51(55(64)39-59(52)69)47-27-15-17-29-54(47)64/h2,4-7,9-19,21-39,65H,3H2,1H3. The fraction of sp³-hybridized carbons (Fsp3) is 0.0469. The number of hydrogen-bond acceptors (Lipinski definition) is 4. The highest BCUT2D eigenvalue weighted by Gasteiger charge is 2.42. The van der Waals surface area contributed by atoms with Crippen LogP contribution in [0.15, 0.2) is 212 Å². The molecule has 4 aliphatic rings. The number of nitrogens with one attached hydrogen (secondary N) is 1. The van der Waals surface area contributed by atoms with Gasteiger partial charge >= 0.3 is 0 Å². The van der Waals surface area contributed by atoms with Crippen LogP contribution in [-0.2, 0) is 5.41 Å². The maximum absolute atomic E-state index is 5.25. The summed E-state index contributed by atoms with van der Waals surface area (Å²) in [6.45, 7) is 2.42. The number of allylic oxidation sites excluding steroid dienone is 4. The molecule has 0 spiro atoms. The summed E-state index contributed by atoms with van der Waals surface area (Å²) in [4.78, 5) is 15.6. The maximum atomic E-state index is 5.25. The molecule has 2 aliphatic carbocycles. The van der Waals surface area contributed by atoms with Gasteiger partial charge in [0.25, 0.3) is 0 Å². The Hall–Kier alpha value is -9.11. The van der Waals surface area contributed by atoms with E-state index in [1.807, 2.05) is 36.4 Å². The molecule has 0 radical (unpaired) electrons. The molecule has 4 heterocycles. The minimum Gasteiger partial charge on any atom is -0.355 e. The van der Waals surface area contributed by atoms with E-state index in [1.54, 1.807) is 0 Å². The van der Waals surface area contributed by atoms with Crippen molar-refractivity contribution in [1.82, 2.24) is 19.5 Å². The summed E-state index contributed by atoms with van der Waals surface area (Å²) in [5.41, 5.74) is 18.2. The van der Waals surface area contributed by atoms with Gasteiger partial charge in [0.15, 0.2) is 17.5 Å². The molecule has 2 aromatic heterocycles. The number of fused-ring (bicyclic) bond motifs is 5. The smallest absolute Gasteiger partial charge is 0.164 e. The number of rotatable bonds is 6. The average molecular weight is 880 g/mol. The topological polar surface area (TPSA) is 55.6 Å². The molecule has 69 heavy (non-hydrogen) atoms. The molecule has 0 saturated heterocycles. The summed E-state index contributed by atoms with van der Waals surface area (Å²) >= 11 is 0. The molecule has 5 heteroatoms. The monoisotopic (exact) mass is 879 g/mol. The van der Waals surface area contributed by atoms with Gasteiger partial charge < -0.3 is 9.88 Å². The van der Waals surface area contributed by atoms with Gasteiger partial charge in [-0.05, 0) is 106 Å². The first kappa shape index (κ1) is 39.1. The third-order valence-corrected chi connectivity index (χ3v) is 14.5. The first-order valence-corrected chi connectivity index (χ1v) is 23.6. The van der Waals surface area contributed by atoms with Crippen LogP contribution in [0.1, 0.15) is 35.6 Å². The molecule has 0 saturated carbocycles. The highest BCUT2D eigenvalue weighted by Crippen LogP contribution is 2.56. The molecule has 1 atom stereocenters. The molecular formula is C64H41N5. The average Bonchev–Trinajstić information content (AvgIpc) is 3.68. The van der Waals surface area contributed by atoms with Crippen molar-refractivity contribution in [1.29, 1.82) is 0 Å². The van der Waals surface area contributed by atoms with E-state index in [2.05, 4.69) is 205 Å². The third-order valence-electron chi connectivity index (χ3n) is 14.5. The van der Waals surface area contributed by atoms with Crippen molar-refractivity contribution < 1.29 is 0 Å². The quantitative estimate of drug-likeness (QED) is 0.169. The van der Waals surface area contributed by atoms with Crippen molar-refractivity contribution in [2.24, 2.45) is 0 Å². The van der Waals surface area contributed by atoms with Crippen molar-refractivity contribution in [3.8, 4) is 73.9 Å². The largest absolute Gasteiger partial charge is 0.355 e. The molecule has 11 aromatic rings.